The zero-order chi connectivity index (χ0) is 17.6. The number of aromatic nitrogens is 1. The second-order valence-corrected chi connectivity index (χ2v) is 5.89. The van der Waals surface area contributed by atoms with Crippen molar-refractivity contribution in [3.05, 3.63) is 52.9 Å². The van der Waals surface area contributed by atoms with E-state index in [-0.39, 0.29) is 24.8 Å². The molecule has 3 rings (SSSR count). The molecule has 0 aliphatic carbocycles. The number of ether oxygens (including phenoxy) is 2. The minimum absolute atomic E-state index is 0.0125. The normalized spacial score (nSPS) is 17.0. The minimum Gasteiger partial charge on any atom is -0.381 e. The fraction of sp³-hybridized carbons (Fsp3) is 0.412. The Bertz CT molecular complexity index is 709. The van der Waals surface area contributed by atoms with Gasteiger partial charge in [0.2, 0.25) is 0 Å². The first-order valence-electron chi connectivity index (χ1n) is 7.94. The molecule has 1 atom stereocenters. The lowest BCUT2D eigenvalue weighted by atomic mass is 10.1. The van der Waals surface area contributed by atoms with Gasteiger partial charge >= 0.3 is 0 Å². The molecule has 1 aromatic heterocycles. The van der Waals surface area contributed by atoms with Gasteiger partial charge < -0.3 is 19.3 Å². The lowest BCUT2D eigenvalue weighted by Crippen LogP contribution is -2.29. The van der Waals surface area contributed by atoms with Crippen molar-refractivity contribution in [3.63, 3.8) is 0 Å². The van der Waals surface area contributed by atoms with Gasteiger partial charge in [0.05, 0.1) is 13.2 Å². The third kappa shape index (κ3) is 5.07. The number of halogens is 2. The van der Waals surface area contributed by atoms with Gasteiger partial charge in [0.25, 0.3) is 5.91 Å². The van der Waals surface area contributed by atoms with Crippen molar-refractivity contribution in [2.75, 3.05) is 19.8 Å². The van der Waals surface area contributed by atoms with Crippen LogP contribution in [0.3, 0.4) is 0 Å². The number of hydrogen-bond donors (Lipinski definition) is 1. The summed E-state index contributed by atoms with van der Waals surface area (Å²) in [6, 6.07) is 4.65. The monoisotopic (exact) mass is 352 g/mol. The molecule has 0 bridgehead atoms. The van der Waals surface area contributed by atoms with Gasteiger partial charge in [0.15, 0.2) is 11.5 Å². The highest BCUT2D eigenvalue weighted by Gasteiger charge is 2.18. The summed E-state index contributed by atoms with van der Waals surface area (Å²) in [5.41, 5.74) is 0.531. The van der Waals surface area contributed by atoms with Crippen LogP contribution in [0.2, 0.25) is 0 Å². The van der Waals surface area contributed by atoms with Crippen LogP contribution >= 0.6 is 0 Å². The quantitative estimate of drug-likeness (QED) is 0.829. The van der Waals surface area contributed by atoms with Crippen LogP contribution in [0.25, 0.3) is 0 Å². The highest BCUT2D eigenvalue weighted by Crippen LogP contribution is 2.13. The van der Waals surface area contributed by atoms with Crippen molar-refractivity contribution in [1.82, 2.24) is 10.5 Å². The number of nitrogens with one attached hydrogen (secondary N) is 1. The molecule has 2 aromatic rings. The first-order chi connectivity index (χ1) is 12.1. The summed E-state index contributed by atoms with van der Waals surface area (Å²) in [6.45, 7) is 1.95. The average Bonchev–Trinajstić information content (AvgIpc) is 3.23. The average molecular weight is 352 g/mol. The molecule has 1 unspecified atom stereocenters. The number of rotatable bonds is 7. The molecule has 0 radical (unpaired) electrons. The maximum atomic E-state index is 13.1. The van der Waals surface area contributed by atoms with Crippen molar-refractivity contribution in [1.29, 1.82) is 0 Å². The third-order valence-corrected chi connectivity index (χ3v) is 3.80. The predicted octanol–water partition coefficient (Wildman–Crippen LogP) is 2.44. The molecule has 1 aliphatic rings. The summed E-state index contributed by atoms with van der Waals surface area (Å²) in [5.74, 6) is -0.972. The van der Waals surface area contributed by atoms with E-state index in [2.05, 4.69) is 10.5 Å². The smallest absolute Gasteiger partial charge is 0.273 e. The molecule has 1 amide bonds. The van der Waals surface area contributed by atoms with E-state index in [9.17, 15) is 13.6 Å². The van der Waals surface area contributed by atoms with E-state index in [0.29, 0.717) is 30.4 Å². The highest BCUT2D eigenvalue weighted by atomic mass is 19.1. The van der Waals surface area contributed by atoms with Gasteiger partial charge in [-0.2, -0.15) is 0 Å². The molecule has 0 saturated carbocycles. The maximum Gasteiger partial charge on any atom is 0.273 e. The molecule has 134 valence electrons. The number of hydrogen-bond acceptors (Lipinski definition) is 5. The SMILES string of the molecule is O=C(NCC1CCOC1)c1cc(COCc2cc(F)cc(F)c2)on1. The highest BCUT2D eigenvalue weighted by molar-refractivity contribution is 5.92. The van der Waals surface area contributed by atoms with Crippen LogP contribution in [0.5, 0.6) is 0 Å². The predicted molar refractivity (Wildman–Crippen MR) is 82.6 cm³/mol. The second-order valence-electron chi connectivity index (χ2n) is 5.89. The van der Waals surface area contributed by atoms with Crippen LogP contribution in [-0.2, 0) is 22.7 Å². The van der Waals surface area contributed by atoms with Crippen LogP contribution in [0.4, 0.5) is 8.78 Å². The summed E-state index contributed by atoms with van der Waals surface area (Å²) in [6.07, 6.45) is 0.929. The van der Waals surface area contributed by atoms with Crippen LogP contribution in [0.1, 0.15) is 28.2 Å². The number of benzene rings is 1. The summed E-state index contributed by atoms with van der Waals surface area (Å²) >= 11 is 0. The molecule has 1 aliphatic heterocycles. The Hall–Kier alpha value is -2.32. The molecule has 1 saturated heterocycles. The van der Waals surface area contributed by atoms with Gasteiger partial charge in [-0.3, -0.25) is 4.79 Å². The fourth-order valence-electron chi connectivity index (χ4n) is 2.52. The molecule has 0 spiro atoms. The van der Waals surface area contributed by atoms with Gasteiger partial charge in [-0.25, -0.2) is 8.78 Å². The molecule has 1 aromatic carbocycles. The zero-order valence-electron chi connectivity index (χ0n) is 13.5. The molecule has 2 heterocycles. The Morgan fingerprint density at radius 1 is 1.24 bits per heavy atom. The van der Waals surface area contributed by atoms with E-state index in [1.54, 1.807) is 0 Å². The largest absolute Gasteiger partial charge is 0.381 e. The zero-order valence-corrected chi connectivity index (χ0v) is 13.5. The van der Waals surface area contributed by atoms with E-state index in [1.807, 2.05) is 0 Å². The van der Waals surface area contributed by atoms with Crippen molar-refractivity contribution in [3.8, 4) is 0 Å². The summed E-state index contributed by atoms with van der Waals surface area (Å²) in [4.78, 5) is 12.0. The second kappa shape index (κ2) is 8.17. The van der Waals surface area contributed by atoms with Crippen LogP contribution in [0, 0.1) is 17.6 Å². The van der Waals surface area contributed by atoms with Crippen molar-refractivity contribution >= 4 is 5.91 Å². The van der Waals surface area contributed by atoms with Gasteiger partial charge in [0, 0.05) is 31.2 Å². The summed E-state index contributed by atoms with van der Waals surface area (Å²) < 4.78 is 41.8. The molecule has 25 heavy (non-hydrogen) atoms. The number of carbonyl (C=O) groups excluding carboxylic acids is 1. The van der Waals surface area contributed by atoms with E-state index < -0.39 is 11.6 Å². The summed E-state index contributed by atoms with van der Waals surface area (Å²) in [7, 11) is 0. The van der Waals surface area contributed by atoms with Gasteiger partial charge in [-0.15, -0.1) is 0 Å². The first-order valence-corrected chi connectivity index (χ1v) is 7.94. The van der Waals surface area contributed by atoms with Crippen molar-refractivity contribution in [2.24, 2.45) is 5.92 Å². The number of carbonyl (C=O) groups is 1. The Labute approximate surface area is 143 Å². The third-order valence-electron chi connectivity index (χ3n) is 3.80. The van der Waals surface area contributed by atoms with E-state index in [1.165, 1.54) is 18.2 Å². The fourth-order valence-corrected chi connectivity index (χ4v) is 2.52. The van der Waals surface area contributed by atoms with Crippen LogP contribution < -0.4 is 5.32 Å². The Morgan fingerprint density at radius 2 is 2.04 bits per heavy atom. The van der Waals surface area contributed by atoms with Gasteiger partial charge in [0.1, 0.15) is 18.2 Å². The Kier molecular flexibility index (Phi) is 5.72. The molecular weight excluding hydrogens is 334 g/mol. The Morgan fingerprint density at radius 3 is 2.76 bits per heavy atom. The van der Waals surface area contributed by atoms with Crippen molar-refractivity contribution < 1.29 is 27.6 Å². The number of amides is 1. The lowest BCUT2D eigenvalue weighted by Gasteiger charge is -2.07. The van der Waals surface area contributed by atoms with Gasteiger partial charge in [-0.1, -0.05) is 5.16 Å². The molecule has 1 fully saturated rings. The molecule has 1 N–H and O–H groups in total. The summed E-state index contributed by atoms with van der Waals surface area (Å²) in [5, 5.41) is 6.48. The molecule has 6 nitrogen and oxygen atoms in total. The first kappa shape index (κ1) is 17.5. The Balaban J connectivity index is 1.45. The topological polar surface area (TPSA) is 73.6 Å². The lowest BCUT2D eigenvalue weighted by molar-refractivity contribution is 0.0874. The standard InChI is InChI=1S/C17H18F2N2O4/c18-13-3-12(4-14(19)5-13)9-24-10-15-6-16(21-25-15)17(22)20-7-11-1-2-23-8-11/h3-6,11H,1-2,7-10H2,(H,20,22). The maximum absolute atomic E-state index is 13.1. The van der Waals surface area contributed by atoms with E-state index in [0.717, 1.165) is 19.1 Å². The van der Waals surface area contributed by atoms with E-state index in [4.69, 9.17) is 14.0 Å². The van der Waals surface area contributed by atoms with Crippen molar-refractivity contribution in [2.45, 2.75) is 19.6 Å². The van der Waals surface area contributed by atoms with Crippen LogP contribution in [-0.4, -0.2) is 30.8 Å². The molecule has 8 heteroatoms. The van der Waals surface area contributed by atoms with E-state index >= 15 is 0 Å². The van der Waals surface area contributed by atoms with Crippen LogP contribution in [0.15, 0.2) is 28.8 Å². The number of nitrogens with zero attached hydrogens (tertiary/aromatic N) is 1. The molecular formula is C17H18F2N2O4. The van der Waals surface area contributed by atoms with Gasteiger partial charge in [-0.05, 0) is 24.1 Å². The minimum atomic E-state index is -0.662.